The molecule has 2 aliphatic rings. The van der Waals surface area contributed by atoms with E-state index in [1.807, 2.05) is 0 Å². The summed E-state index contributed by atoms with van der Waals surface area (Å²) >= 11 is 0.158. The van der Waals surface area contributed by atoms with E-state index in [0.29, 0.717) is 5.39 Å². The van der Waals surface area contributed by atoms with E-state index >= 15 is 0 Å². The highest BCUT2D eigenvalue weighted by Crippen LogP contribution is 2.68. The van der Waals surface area contributed by atoms with Crippen LogP contribution >= 0.6 is 11.8 Å². The van der Waals surface area contributed by atoms with Gasteiger partial charge in [-0.1, -0.05) is 11.8 Å². The Hall–Kier alpha value is -2.27. The summed E-state index contributed by atoms with van der Waals surface area (Å²) in [4.78, 5) is 9.42. The molecule has 3 atom stereocenters. The van der Waals surface area contributed by atoms with Gasteiger partial charge in [-0.25, -0.2) is 0 Å². The van der Waals surface area contributed by atoms with Crippen molar-refractivity contribution >= 4 is 28.7 Å². The fourth-order valence-electron chi connectivity index (χ4n) is 3.80. The van der Waals surface area contributed by atoms with E-state index in [0.717, 1.165) is 7.11 Å². The van der Waals surface area contributed by atoms with Crippen LogP contribution in [-0.4, -0.2) is 48.8 Å². The average molecular weight is 420 g/mol. The van der Waals surface area contributed by atoms with E-state index in [-0.39, 0.29) is 40.2 Å². The maximum Gasteiger partial charge on any atom is 0.438 e. The zero-order valence-corrected chi connectivity index (χ0v) is 15.7. The molecule has 0 spiro atoms. The lowest BCUT2D eigenvalue weighted by atomic mass is 9.80. The third-order valence-corrected chi connectivity index (χ3v) is 6.63. The van der Waals surface area contributed by atoms with Crippen molar-refractivity contribution in [2.45, 2.75) is 28.4 Å². The van der Waals surface area contributed by atoms with Crippen LogP contribution in [0.5, 0.6) is 17.2 Å². The largest absolute Gasteiger partial charge is 0.495 e. The molecule has 3 heterocycles. The fraction of sp³-hybridized carbons (Fsp3) is 0.471. The van der Waals surface area contributed by atoms with E-state index in [4.69, 9.17) is 18.6 Å². The molecule has 152 valence electrons. The van der Waals surface area contributed by atoms with E-state index in [9.17, 15) is 23.1 Å². The second-order valence-corrected chi connectivity index (χ2v) is 7.78. The third kappa shape index (κ3) is 2.20. The first-order valence-electron chi connectivity index (χ1n) is 8.03. The van der Waals surface area contributed by atoms with Crippen molar-refractivity contribution in [1.82, 2.24) is 0 Å². The number of alkyl halides is 3. The topological polar surface area (TPSA) is 87.4 Å². The lowest BCUT2D eigenvalue weighted by molar-refractivity contribution is -0.227. The van der Waals surface area contributed by atoms with Crippen molar-refractivity contribution in [3.05, 3.63) is 17.9 Å². The minimum atomic E-state index is -4.90. The van der Waals surface area contributed by atoms with Crippen molar-refractivity contribution in [2.75, 3.05) is 21.3 Å². The summed E-state index contributed by atoms with van der Waals surface area (Å²) in [5, 5.41) is 10.2. The molecule has 1 fully saturated rings. The van der Waals surface area contributed by atoms with Crippen molar-refractivity contribution in [3.8, 4) is 17.2 Å². The first kappa shape index (κ1) is 19.1. The molecule has 4 rings (SSSR count). The van der Waals surface area contributed by atoms with Gasteiger partial charge in [-0.3, -0.25) is 4.79 Å². The fourth-order valence-corrected chi connectivity index (χ4v) is 5.34. The number of rotatable bonds is 3. The average Bonchev–Trinajstić information content (AvgIpc) is 3.20. The van der Waals surface area contributed by atoms with Crippen molar-refractivity contribution in [3.63, 3.8) is 0 Å². The number of fused-ring (bicyclic) bond motifs is 5. The van der Waals surface area contributed by atoms with Crippen molar-refractivity contribution in [1.29, 1.82) is 0 Å². The summed E-state index contributed by atoms with van der Waals surface area (Å²) in [6.45, 7) is 0. The quantitative estimate of drug-likeness (QED) is 0.759. The van der Waals surface area contributed by atoms with E-state index in [2.05, 4.69) is 4.74 Å². The third-order valence-electron chi connectivity index (χ3n) is 4.98. The Morgan fingerprint density at radius 1 is 1.29 bits per heavy atom. The Morgan fingerprint density at radius 2 is 1.96 bits per heavy atom. The standard InChI is InChI=1S/C17H15F3O7S/c1-23-9-7-4-5-26-10(7)12(24-2)11-8(9)15(22)6-16(27-11,17(18,19)20)28-13(15)14(21)25-3/h4-5,13,22H,6H2,1-3H3/t13-,15+,16-/m1/s1. The van der Waals surface area contributed by atoms with Gasteiger partial charge in [0.25, 0.3) is 4.93 Å². The molecule has 0 aliphatic carbocycles. The van der Waals surface area contributed by atoms with E-state index < -0.39 is 34.4 Å². The molecule has 0 amide bonds. The molecule has 2 aromatic rings. The molecule has 7 nitrogen and oxygen atoms in total. The molecule has 1 N–H and O–H groups in total. The second kappa shape index (κ2) is 5.86. The highest BCUT2D eigenvalue weighted by Gasteiger charge is 2.75. The van der Waals surface area contributed by atoms with Gasteiger partial charge in [0.15, 0.2) is 11.3 Å². The smallest absolute Gasteiger partial charge is 0.438 e. The molecule has 11 heteroatoms. The number of carbonyl (C=O) groups is 1. The molecule has 1 aromatic heterocycles. The van der Waals surface area contributed by atoms with Crippen LogP contribution in [0.2, 0.25) is 0 Å². The van der Waals surface area contributed by atoms with Crippen LogP contribution < -0.4 is 14.2 Å². The van der Waals surface area contributed by atoms with Gasteiger partial charge in [0.05, 0.1) is 38.5 Å². The Labute approximate surface area is 160 Å². The highest BCUT2D eigenvalue weighted by atomic mass is 32.2. The number of hydrogen-bond acceptors (Lipinski definition) is 8. The van der Waals surface area contributed by atoms with Crippen LogP contribution in [0.4, 0.5) is 13.2 Å². The van der Waals surface area contributed by atoms with Crippen LogP contribution in [0.15, 0.2) is 16.7 Å². The molecule has 0 radical (unpaired) electrons. The molecule has 2 aliphatic heterocycles. The molecule has 0 unspecified atom stereocenters. The predicted octanol–water partition coefficient (Wildman–Crippen LogP) is 2.97. The van der Waals surface area contributed by atoms with Crippen LogP contribution in [-0.2, 0) is 15.1 Å². The van der Waals surface area contributed by atoms with Gasteiger partial charge in [-0.2, -0.15) is 13.2 Å². The summed E-state index contributed by atoms with van der Waals surface area (Å²) in [6.07, 6.45) is -4.51. The summed E-state index contributed by atoms with van der Waals surface area (Å²) < 4.78 is 68.0. The van der Waals surface area contributed by atoms with Crippen molar-refractivity contribution < 1.29 is 46.4 Å². The number of thioether (sulfide) groups is 1. The summed E-state index contributed by atoms with van der Waals surface area (Å²) in [6, 6.07) is 1.52. The van der Waals surface area contributed by atoms with E-state index in [1.54, 1.807) is 0 Å². The summed E-state index contributed by atoms with van der Waals surface area (Å²) in [5.74, 6) is -1.49. The first-order valence-corrected chi connectivity index (χ1v) is 8.91. The number of methoxy groups -OCH3 is 3. The Balaban J connectivity index is 2.11. The number of hydrogen-bond donors (Lipinski definition) is 1. The molecular weight excluding hydrogens is 405 g/mol. The first-order chi connectivity index (χ1) is 13.1. The summed E-state index contributed by atoms with van der Waals surface area (Å²) in [5.41, 5.74) is -2.29. The van der Waals surface area contributed by atoms with Gasteiger partial charge in [0.1, 0.15) is 16.6 Å². The lowest BCUT2D eigenvalue weighted by Gasteiger charge is -2.39. The van der Waals surface area contributed by atoms with Crippen LogP contribution in [0, 0.1) is 0 Å². The molecule has 2 bridgehead atoms. The number of esters is 1. The monoisotopic (exact) mass is 420 g/mol. The molecule has 0 saturated carbocycles. The normalized spacial score (nSPS) is 28.6. The zero-order chi connectivity index (χ0) is 20.5. The van der Waals surface area contributed by atoms with Crippen LogP contribution in [0.25, 0.3) is 11.0 Å². The highest BCUT2D eigenvalue weighted by molar-refractivity contribution is 8.02. The number of benzene rings is 1. The van der Waals surface area contributed by atoms with Gasteiger partial charge in [0, 0.05) is 6.42 Å². The van der Waals surface area contributed by atoms with Gasteiger partial charge in [-0.15, -0.1) is 0 Å². The minimum absolute atomic E-state index is 0.0363. The molecule has 1 saturated heterocycles. The maximum atomic E-state index is 14.0. The van der Waals surface area contributed by atoms with Gasteiger partial charge in [-0.05, 0) is 6.07 Å². The number of aliphatic hydroxyl groups is 1. The van der Waals surface area contributed by atoms with Gasteiger partial charge >= 0.3 is 12.1 Å². The lowest BCUT2D eigenvalue weighted by Crippen LogP contribution is -2.50. The second-order valence-electron chi connectivity index (χ2n) is 6.41. The number of carbonyl (C=O) groups excluding carboxylic acids is 1. The Bertz CT molecular complexity index is 972. The van der Waals surface area contributed by atoms with Gasteiger partial charge in [0.2, 0.25) is 5.75 Å². The number of furan rings is 1. The van der Waals surface area contributed by atoms with Crippen LogP contribution in [0.3, 0.4) is 0 Å². The Morgan fingerprint density at radius 3 is 2.54 bits per heavy atom. The molecule has 28 heavy (non-hydrogen) atoms. The molecular formula is C17H15F3O7S. The minimum Gasteiger partial charge on any atom is -0.495 e. The van der Waals surface area contributed by atoms with Gasteiger partial charge < -0.3 is 28.5 Å². The number of ether oxygens (including phenoxy) is 4. The zero-order valence-electron chi connectivity index (χ0n) is 14.9. The van der Waals surface area contributed by atoms with Crippen molar-refractivity contribution in [2.24, 2.45) is 0 Å². The maximum absolute atomic E-state index is 14.0. The Kier molecular flexibility index (Phi) is 3.99. The van der Waals surface area contributed by atoms with E-state index in [1.165, 1.54) is 26.5 Å². The summed E-state index contributed by atoms with van der Waals surface area (Å²) in [7, 11) is 3.56. The predicted molar refractivity (Wildman–Crippen MR) is 90.6 cm³/mol. The number of halogens is 3. The molecule has 1 aromatic carbocycles. The SMILES string of the molecule is COC(=O)[C@H]1S[C@@]2(C(F)(F)F)C[C@]1(O)c1c(c(OC)c3occc3c1OC)O2. The van der Waals surface area contributed by atoms with Crippen LogP contribution in [0.1, 0.15) is 12.0 Å².